The smallest absolute Gasteiger partial charge is 0.329 e. The molecule has 1 aliphatic rings. The molecular formula is C20H28N4O2. The SMILES string of the molecule is CCCN1CCC(N(C)C(=O)n2cnc(-c3ccc(OC)cc3)c2)CC1. The van der Waals surface area contributed by atoms with Crippen molar-refractivity contribution in [2.45, 2.75) is 32.2 Å². The van der Waals surface area contributed by atoms with E-state index in [1.807, 2.05) is 36.2 Å². The molecule has 140 valence electrons. The van der Waals surface area contributed by atoms with Gasteiger partial charge < -0.3 is 14.5 Å². The molecule has 0 spiro atoms. The van der Waals surface area contributed by atoms with E-state index >= 15 is 0 Å². The number of hydrogen-bond donors (Lipinski definition) is 0. The summed E-state index contributed by atoms with van der Waals surface area (Å²) in [6, 6.07) is 7.96. The van der Waals surface area contributed by atoms with E-state index in [4.69, 9.17) is 4.74 Å². The van der Waals surface area contributed by atoms with Crippen molar-refractivity contribution < 1.29 is 9.53 Å². The Bertz CT molecular complexity index is 718. The number of likely N-dealkylation sites (tertiary alicyclic amines) is 1. The highest BCUT2D eigenvalue weighted by Gasteiger charge is 2.26. The first-order valence-corrected chi connectivity index (χ1v) is 9.30. The Kier molecular flexibility index (Phi) is 5.93. The molecule has 26 heavy (non-hydrogen) atoms. The van der Waals surface area contributed by atoms with Crippen LogP contribution in [0, 0.1) is 0 Å². The molecule has 1 amide bonds. The highest BCUT2D eigenvalue weighted by molar-refractivity contribution is 5.78. The van der Waals surface area contributed by atoms with Gasteiger partial charge in [0, 0.05) is 37.9 Å². The largest absolute Gasteiger partial charge is 0.497 e. The van der Waals surface area contributed by atoms with Crippen molar-refractivity contribution >= 4 is 6.03 Å². The Morgan fingerprint density at radius 3 is 2.58 bits per heavy atom. The number of ether oxygens (including phenoxy) is 1. The second-order valence-corrected chi connectivity index (χ2v) is 6.86. The van der Waals surface area contributed by atoms with Gasteiger partial charge in [-0.25, -0.2) is 9.78 Å². The van der Waals surface area contributed by atoms with Crippen LogP contribution in [0.4, 0.5) is 4.79 Å². The minimum Gasteiger partial charge on any atom is -0.497 e. The number of aromatic nitrogens is 2. The molecule has 2 heterocycles. The topological polar surface area (TPSA) is 50.6 Å². The minimum absolute atomic E-state index is 0.0220. The second-order valence-electron chi connectivity index (χ2n) is 6.86. The average Bonchev–Trinajstić information content (AvgIpc) is 3.18. The van der Waals surface area contributed by atoms with Crippen LogP contribution >= 0.6 is 0 Å². The first kappa shape index (κ1) is 18.5. The molecule has 0 unspecified atom stereocenters. The van der Waals surface area contributed by atoms with Gasteiger partial charge in [0.05, 0.1) is 12.8 Å². The summed E-state index contributed by atoms with van der Waals surface area (Å²) in [5.41, 5.74) is 1.75. The van der Waals surface area contributed by atoms with Gasteiger partial charge in [-0.05, 0) is 50.1 Å². The fraction of sp³-hybridized carbons (Fsp3) is 0.500. The number of hydrogen-bond acceptors (Lipinski definition) is 4. The van der Waals surface area contributed by atoms with E-state index in [2.05, 4.69) is 16.8 Å². The highest BCUT2D eigenvalue weighted by atomic mass is 16.5. The lowest BCUT2D eigenvalue weighted by Gasteiger charge is -2.36. The van der Waals surface area contributed by atoms with E-state index in [1.165, 1.54) is 6.42 Å². The Balaban J connectivity index is 1.64. The number of benzene rings is 1. The summed E-state index contributed by atoms with van der Waals surface area (Å²) in [5.74, 6) is 0.804. The fourth-order valence-corrected chi connectivity index (χ4v) is 3.52. The van der Waals surface area contributed by atoms with E-state index in [0.717, 1.165) is 49.5 Å². The molecule has 0 radical (unpaired) electrons. The van der Waals surface area contributed by atoms with Crippen LogP contribution in [-0.4, -0.2) is 65.2 Å². The second kappa shape index (κ2) is 8.36. The summed E-state index contributed by atoms with van der Waals surface area (Å²) in [4.78, 5) is 21.5. The lowest BCUT2D eigenvalue weighted by Crippen LogP contribution is -2.46. The number of carbonyl (C=O) groups excluding carboxylic acids is 1. The van der Waals surface area contributed by atoms with Crippen molar-refractivity contribution in [1.29, 1.82) is 0 Å². The molecule has 1 aromatic carbocycles. The van der Waals surface area contributed by atoms with Crippen molar-refractivity contribution in [2.75, 3.05) is 33.8 Å². The number of amides is 1. The standard InChI is InChI=1S/C20H28N4O2/c1-4-11-23-12-9-17(10-13-23)22(2)20(25)24-14-19(21-15-24)16-5-7-18(26-3)8-6-16/h5-8,14-15,17H,4,9-13H2,1-3H3. The Hall–Kier alpha value is -2.34. The molecule has 1 aromatic heterocycles. The van der Waals surface area contributed by atoms with E-state index in [0.29, 0.717) is 6.04 Å². The quantitative estimate of drug-likeness (QED) is 0.824. The third-order valence-corrected chi connectivity index (χ3v) is 5.14. The summed E-state index contributed by atoms with van der Waals surface area (Å²) in [6.07, 6.45) is 6.64. The zero-order chi connectivity index (χ0) is 18.5. The van der Waals surface area contributed by atoms with Gasteiger partial charge >= 0.3 is 6.03 Å². The molecule has 0 aliphatic carbocycles. The number of imidazole rings is 1. The maximum absolute atomic E-state index is 12.8. The molecule has 0 atom stereocenters. The van der Waals surface area contributed by atoms with Crippen LogP contribution in [-0.2, 0) is 0 Å². The first-order chi connectivity index (χ1) is 12.6. The van der Waals surface area contributed by atoms with Crippen LogP contribution in [0.25, 0.3) is 11.3 Å². The molecule has 3 rings (SSSR count). The van der Waals surface area contributed by atoms with Crippen molar-refractivity contribution in [2.24, 2.45) is 0 Å². The predicted octanol–water partition coefficient (Wildman–Crippen LogP) is 3.33. The summed E-state index contributed by atoms with van der Waals surface area (Å²) in [7, 11) is 3.54. The Morgan fingerprint density at radius 2 is 1.96 bits per heavy atom. The van der Waals surface area contributed by atoms with Crippen molar-refractivity contribution in [3.63, 3.8) is 0 Å². The summed E-state index contributed by atoms with van der Waals surface area (Å²) < 4.78 is 6.76. The van der Waals surface area contributed by atoms with Crippen LogP contribution < -0.4 is 4.74 Å². The van der Waals surface area contributed by atoms with Gasteiger partial charge in [0.1, 0.15) is 12.1 Å². The van der Waals surface area contributed by atoms with Gasteiger partial charge in [-0.3, -0.25) is 4.57 Å². The van der Waals surface area contributed by atoms with Crippen LogP contribution in [0.15, 0.2) is 36.8 Å². The van der Waals surface area contributed by atoms with Crippen molar-refractivity contribution in [3.8, 4) is 17.0 Å². The number of nitrogens with zero attached hydrogens (tertiary/aromatic N) is 4. The van der Waals surface area contributed by atoms with Gasteiger partial charge in [-0.15, -0.1) is 0 Å². The number of methoxy groups -OCH3 is 1. The normalized spacial score (nSPS) is 15.8. The first-order valence-electron chi connectivity index (χ1n) is 9.30. The van der Waals surface area contributed by atoms with Crippen LogP contribution in [0.1, 0.15) is 26.2 Å². The molecule has 1 fully saturated rings. The average molecular weight is 356 g/mol. The number of rotatable bonds is 5. The zero-order valence-corrected chi connectivity index (χ0v) is 15.9. The Labute approximate surface area is 155 Å². The number of carbonyl (C=O) groups is 1. The lowest BCUT2D eigenvalue weighted by atomic mass is 10.0. The van der Waals surface area contributed by atoms with E-state index in [1.54, 1.807) is 24.2 Å². The Morgan fingerprint density at radius 1 is 1.27 bits per heavy atom. The maximum atomic E-state index is 12.8. The molecule has 1 aliphatic heterocycles. The molecule has 0 N–H and O–H groups in total. The third kappa shape index (κ3) is 4.07. The summed E-state index contributed by atoms with van der Waals surface area (Å²) >= 11 is 0. The zero-order valence-electron chi connectivity index (χ0n) is 15.9. The third-order valence-electron chi connectivity index (χ3n) is 5.14. The number of piperidine rings is 1. The van der Waals surface area contributed by atoms with Crippen LogP contribution in [0.3, 0.4) is 0 Å². The van der Waals surface area contributed by atoms with Crippen molar-refractivity contribution in [1.82, 2.24) is 19.4 Å². The molecule has 2 aromatic rings. The highest BCUT2D eigenvalue weighted by Crippen LogP contribution is 2.21. The molecule has 0 bridgehead atoms. The van der Waals surface area contributed by atoms with Gasteiger partial charge in [-0.2, -0.15) is 0 Å². The van der Waals surface area contributed by atoms with Crippen LogP contribution in [0.5, 0.6) is 5.75 Å². The summed E-state index contributed by atoms with van der Waals surface area (Å²) in [6.45, 7) is 5.49. The van der Waals surface area contributed by atoms with Gasteiger partial charge in [0.2, 0.25) is 0 Å². The molecule has 6 nitrogen and oxygen atoms in total. The lowest BCUT2D eigenvalue weighted by molar-refractivity contribution is 0.135. The van der Waals surface area contributed by atoms with Crippen molar-refractivity contribution in [3.05, 3.63) is 36.8 Å². The fourth-order valence-electron chi connectivity index (χ4n) is 3.52. The maximum Gasteiger partial charge on any atom is 0.329 e. The molecular weight excluding hydrogens is 328 g/mol. The van der Waals surface area contributed by atoms with Gasteiger partial charge in [0.25, 0.3) is 0 Å². The van der Waals surface area contributed by atoms with E-state index in [-0.39, 0.29) is 6.03 Å². The van der Waals surface area contributed by atoms with Crippen LogP contribution in [0.2, 0.25) is 0 Å². The molecule has 6 heteroatoms. The minimum atomic E-state index is -0.0220. The molecule has 0 saturated carbocycles. The summed E-state index contributed by atoms with van der Waals surface area (Å²) in [5, 5.41) is 0. The van der Waals surface area contributed by atoms with Gasteiger partial charge in [0.15, 0.2) is 0 Å². The van der Waals surface area contributed by atoms with E-state index < -0.39 is 0 Å². The monoisotopic (exact) mass is 356 g/mol. The predicted molar refractivity (Wildman–Crippen MR) is 103 cm³/mol. The van der Waals surface area contributed by atoms with Gasteiger partial charge in [-0.1, -0.05) is 6.92 Å². The molecule has 1 saturated heterocycles. The van der Waals surface area contributed by atoms with E-state index in [9.17, 15) is 4.79 Å².